The molecule has 1 aromatic heterocycles. The van der Waals surface area contributed by atoms with Gasteiger partial charge in [0.05, 0.1) is 5.52 Å². The minimum absolute atomic E-state index is 0.732. The standard InChI is InChI=1S/C14H17N5/c1-3-17-8-11(7-15)10-4-5-13-12(6-10)14(16-2)19-9-18-13/h4-9H,3,15H2,1-2H3,(H,16,18,19). The molecule has 0 radical (unpaired) electrons. The number of nitrogens with zero attached hydrogens (tertiary/aromatic N) is 3. The van der Waals surface area contributed by atoms with Crippen LogP contribution in [0.5, 0.6) is 0 Å². The van der Waals surface area contributed by atoms with Gasteiger partial charge in [-0.15, -0.1) is 0 Å². The van der Waals surface area contributed by atoms with E-state index in [-0.39, 0.29) is 0 Å². The molecule has 2 rings (SSSR count). The van der Waals surface area contributed by atoms with E-state index < -0.39 is 0 Å². The van der Waals surface area contributed by atoms with Gasteiger partial charge in [-0.3, -0.25) is 4.99 Å². The summed E-state index contributed by atoms with van der Waals surface area (Å²) in [5.74, 6) is 0.802. The number of hydrogen-bond donors (Lipinski definition) is 2. The van der Waals surface area contributed by atoms with E-state index in [1.54, 1.807) is 18.7 Å². The maximum absolute atomic E-state index is 5.66. The summed E-state index contributed by atoms with van der Waals surface area (Å²) in [6.45, 7) is 2.72. The quantitative estimate of drug-likeness (QED) is 0.820. The molecule has 0 saturated carbocycles. The number of fused-ring (bicyclic) bond motifs is 1. The molecule has 19 heavy (non-hydrogen) atoms. The van der Waals surface area contributed by atoms with Crippen molar-refractivity contribution in [2.24, 2.45) is 10.7 Å². The van der Waals surface area contributed by atoms with Crippen molar-refractivity contribution in [1.82, 2.24) is 9.97 Å². The lowest BCUT2D eigenvalue weighted by Gasteiger charge is -2.07. The Hall–Kier alpha value is -2.43. The zero-order chi connectivity index (χ0) is 13.7. The molecule has 1 heterocycles. The maximum Gasteiger partial charge on any atom is 0.137 e. The summed E-state index contributed by atoms with van der Waals surface area (Å²) in [6.07, 6.45) is 4.89. The van der Waals surface area contributed by atoms with Crippen molar-refractivity contribution in [3.63, 3.8) is 0 Å². The molecular weight excluding hydrogens is 238 g/mol. The van der Waals surface area contributed by atoms with Gasteiger partial charge in [-0.1, -0.05) is 6.07 Å². The fraction of sp³-hybridized carbons (Fsp3) is 0.214. The van der Waals surface area contributed by atoms with Crippen molar-refractivity contribution < 1.29 is 0 Å². The molecule has 0 aliphatic carbocycles. The van der Waals surface area contributed by atoms with E-state index in [0.717, 1.165) is 34.4 Å². The average molecular weight is 255 g/mol. The molecule has 1 aromatic carbocycles. The number of anilines is 1. The molecule has 0 amide bonds. The Morgan fingerprint density at radius 2 is 2.26 bits per heavy atom. The van der Waals surface area contributed by atoms with Crippen molar-refractivity contribution in [3.05, 3.63) is 36.3 Å². The zero-order valence-electron chi connectivity index (χ0n) is 11.1. The predicted octanol–water partition coefficient (Wildman–Crippen LogP) is 2.06. The van der Waals surface area contributed by atoms with Crippen LogP contribution in [0.25, 0.3) is 16.5 Å². The molecule has 0 unspecified atom stereocenters. The number of aromatic nitrogens is 2. The summed E-state index contributed by atoms with van der Waals surface area (Å²) < 4.78 is 0. The van der Waals surface area contributed by atoms with Gasteiger partial charge in [0.1, 0.15) is 12.1 Å². The lowest BCUT2D eigenvalue weighted by molar-refractivity contribution is 1.14. The van der Waals surface area contributed by atoms with Crippen LogP contribution in [0.4, 0.5) is 5.82 Å². The van der Waals surface area contributed by atoms with Crippen LogP contribution >= 0.6 is 0 Å². The first-order chi connectivity index (χ1) is 9.30. The van der Waals surface area contributed by atoms with Crippen molar-refractivity contribution in [1.29, 1.82) is 0 Å². The van der Waals surface area contributed by atoms with Crippen molar-refractivity contribution >= 4 is 28.5 Å². The highest BCUT2D eigenvalue weighted by Gasteiger charge is 2.05. The molecule has 98 valence electrons. The number of nitrogens with two attached hydrogens (primary N) is 1. The largest absolute Gasteiger partial charge is 0.404 e. The van der Waals surface area contributed by atoms with Crippen molar-refractivity contribution in [2.75, 3.05) is 18.9 Å². The van der Waals surface area contributed by atoms with Crippen LogP contribution in [0.15, 0.2) is 35.7 Å². The van der Waals surface area contributed by atoms with Gasteiger partial charge in [-0.05, 0) is 24.6 Å². The Morgan fingerprint density at radius 3 is 2.95 bits per heavy atom. The second-order valence-corrected chi connectivity index (χ2v) is 3.95. The summed E-state index contributed by atoms with van der Waals surface area (Å²) >= 11 is 0. The minimum atomic E-state index is 0.732. The number of aliphatic imine (C=N–C) groups is 1. The molecule has 0 bridgehead atoms. The van der Waals surface area contributed by atoms with Crippen LogP contribution in [0.2, 0.25) is 0 Å². The van der Waals surface area contributed by atoms with Crippen molar-refractivity contribution in [2.45, 2.75) is 6.92 Å². The summed E-state index contributed by atoms with van der Waals surface area (Å²) in [4.78, 5) is 12.7. The second-order valence-electron chi connectivity index (χ2n) is 3.95. The number of allylic oxidation sites excluding steroid dienone is 1. The first kappa shape index (κ1) is 13.0. The summed E-state index contributed by atoms with van der Waals surface area (Å²) in [7, 11) is 1.84. The van der Waals surface area contributed by atoms with Crippen LogP contribution in [0.1, 0.15) is 12.5 Å². The molecule has 0 aliphatic heterocycles. The predicted molar refractivity (Wildman–Crippen MR) is 80.3 cm³/mol. The molecule has 3 N–H and O–H groups in total. The number of nitrogens with one attached hydrogen (secondary N) is 1. The normalized spacial score (nSPS) is 12.2. The highest BCUT2D eigenvalue weighted by molar-refractivity contribution is 6.11. The minimum Gasteiger partial charge on any atom is -0.404 e. The number of benzene rings is 1. The van der Waals surface area contributed by atoms with Gasteiger partial charge in [-0.2, -0.15) is 0 Å². The highest BCUT2D eigenvalue weighted by atomic mass is 15.0. The molecule has 0 fully saturated rings. The SMILES string of the molecule is CCN=CC(=CN)c1ccc2ncnc(NC)c2c1. The molecule has 0 spiro atoms. The summed E-state index contributed by atoms with van der Waals surface area (Å²) in [5.41, 5.74) is 8.44. The second kappa shape index (κ2) is 5.95. The Bertz CT molecular complexity index is 631. The molecular formula is C14H17N5. The van der Waals surface area contributed by atoms with Gasteiger partial charge in [0.2, 0.25) is 0 Å². The zero-order valence-corrected chi connectivity index (χ0v) is 11.1. The van der Waals surface area contributed by atoms with E-state index in [0.29, 0.717) is 0 Å². The first-order valence-corrected chi connectivity index (χ1v) is 6.14. The van der Waals surface area contributed by atoms with Gasteiger partial charge >= 0.3 is 0 Å². The Kier molecular flexibility index (Phi) is 4.07. The molecule has 2 aromatic rings. The fourth-order valence-corrected chi connectivity index (χ4v) is 1.84. The third-order valence-corrected chi connectivity index (χ3v) is 2.80. The van der Waals surface area contributed by atoms with E-state index in [2.05, 4.69) is 20.3 Å². The molecule has 0 atom stereocenters. The lowest BCUT2D eigenvalue weighted by Crippen LogP contribution is -1.97. The lowest BCUT2D eigenvalue weighted by atomic mass is 10.1. The van der Waals surface area contributed by atoms with E-state index in [9.17, 15) is 0 Å². The smallest absolute Gasteiger partial charge is 0.137 e. The van der Waals surface area contributed by atoms with Gasteiger partial charge in [0.25, 0.3) is 0 Å². The van der Waals surface area contributed by atoms with Crippen molar-refractivity contribution in [3.8, 4) is 0 Å². The third-order valence-electron chi connectivity index (χ3n) is 2.80. The van der Waals surface area contributed by atoms with Gasteiger partial charge in [0.15, 0.2) is 0 Å². The fourth-order valence-electron chi connectivity index (χ4n) is 1.84. The van der Waals surface area contributed by atoms with E-state index >= 15 is 0 Å². The van der Waals surface area contributed by atoms with Gasteiger partial charge in [-0.25, -0.2) is 9.97 Å². The van der Waals surface area contributed by atoms with E-state index in [1.165, 1.54) is 0 Å². The van der Waals surface area contributed by atoms with Crippen LogP contribution in [-0.2, 0) is 0 Å². The Labute approximate surface area is 112 Å². The van der Waals surface area contributed by atoms with Crippen LogP contribution in [0, 0.1) is 0 Å². The number of rotatable bonds is 4. The topological polar surface area (TPSA) is 76.2 Å². The molecule has 0 aliphatic rings. The monoisotopic (exact) mass is 255 g/mol. The summed E-state index contributed by atoms with van der Waals surface area (Å²) in [5, 5.41) is 4.03. The van der Waals surface area contributed by atoms with Crippen LogP contribution < -0.4 is 11.1 Å². The first-order valence-electron chi connectivity index (χ1n) is 6.14. The maximum atomic E-state index is 5.66. The van der Waals surface area contributed by atoms with Crippen LogP contribution in [-0.4, -0.2) is 29.8 Å². The Morgan fingerprint density at radius 1 is 1.42 bits per heavy atom. The van der Waals surface area contributed by atoms with E-state index in [1.807, 2.05) is 32.2 Å². The Balaban J connectivity index is 2.54. The molecule has 0 saturated heterocycles. The average Bonchev–Trinajstić information content (AvgIpc) is 2.47. The summed E-state index contributed by atoms with van der Waals surface area (Å²) in [6, 6.07) is 5.95. The third kappa shape index (κ3) is 2.70. The highest BCUT2D eigenvalue weighted by Crippen LogP contribution is 2.23. The van der Waals surface area contributed by atoms with Crippen LogP contribution in [0.3, 0.4) is 0 Å². The molecule has 5 nitrogen and oxygen atoms in total. The van der Waals surface area contributed by atoms with E-state index in [4.69, 9.17) is 5.73 Å². The molecule has 5 heteroatoms. The van der Waals surface area contributed by atoms with Gasteiger partial charge < -0.3 is 11.1 Å². The number of hydrogen-bond acceptors (Lipinski definition) is 5. The van der Waals surface area contributed by atoms with Gasteiger partial charge in [0, 0.05) is 37.0 Å².